The van der Waals surface area contributed by atoms with Gasteiger partial charge in [-0.05, 0) is 36.9 Å². The number of carbonyl (C=O) groups excluding carboxylic acids is 1. The molecular weight excluding hydrogens is 264 g/mol. The van der Waals surface area contributed by atoms with Crippen molar-refractivity contribution in [1.29, 1.82) is 0 Å². The van der Waals surface area contributed by atoms with E-state index in [1.54, 1.807) is 0 Å². The van der Waals surface area contributed by atoms with E-state index in [1.807, 2.05) is 12.1 Å². The largest absolute Gasteiger partial charge is 0.377 e. The number of carbonyl (C=O) groups is 1. The third-order valence-corrected chi connectivity index (χ3v) is 3.79. The van der Waals surface area contributed by atoms with Crippen LogP contribution in [0, 0.1) is 0 Å². The first-order valence-electron chi connectivity index (χ1n) is 7.94. The van der Waals surface area contributed by atoms with Crippen LogP contribution in [0.3, 0.4) is 0 Å². The van der Waals surface area contributed by atoms with Gasteiger partial charge in [-0.2, -0.15) is 0 Å². The maximum Gasteiger partial charge on any atom is 0.221 e. The quantitative estimate of drug-likeness (QED) is 0.723. The average molecular weight is 290 g/mol. The minimum absolute atomic E-state index is 0.124. The fourth-order valence-corrected chi connectivity index (χ4v) is 2.62. The van der Waals surface area contributed by atoms with Gasteiger partial charge in [0.1, 0.15) is 0 Å². The van der Waals surface area contributed by atoms with E-state index in [0.717, 1.165) is 37.1 Å². The van der Waals surface area contributed by atoms with Crippen LogP contribution in [-0.4, -0.2) is 25.1 Å². The Kier molecular flexibility index (Phi) is 6.70. The lowest BCUT2D eigenvalue weighted by atomic mass is 10.1. The topological polar surface area (TPSA) is 50.4 Å². The Morgan fingerprint density at radius 2 is 2.19 bits per heavy atom. The van der Waals surface area contributed by atoms with Crippen molar-refractivity contribution in [2.24, 2.45) is 0 Å². The molecule has 1 amide bonds. The summed E-state index contributed by atoms with van der Waals surface area (Å²) in [6.07, 6.45) is 3.88. The lowest BCUT2D eigenvalue weighted by molar-refractivity contribution is -0.121. The molecule has 0 radical (unpaired) electrons. The van der Waals surface area contributed by atoms with Crippen molar-refractivity contribution in [1.82, 2.24) is 10.6 Å². The van der Waals surface area contributed by atoms with Crippen molar-refractivity contribution < 1.29 is 9.53 Å². The average Bonchev–Trinajstić information content (AvgIpc) is 2.99. The molecule has 1 saturated heterocycles. The molecule has 1 aromatic carbocycles. The number of hydrogen-bond acceptors (Lipinski definition) is 3. The molecule has 0 aliphatic carbocycles. The van der Waals surface area contributed by atoms with Gasteiger partial charge in [-0.25, -0.2) is 0 Å². The number of rotatable bonds is 8. The van der Waals surface area contributed by atoms with E-state index in [1.165, 1.54) is 6.42 Å². The minimum atomic E-state index is 0.124. The van der Waals surface area contributed by atoms with Gasteiger partial charge in [0.15, 0.2) is 0 Å². The van der Waals surface area contributed by atoms with Gasteiger partial charge in [0.05, 0.1) is 6.61 Å². The van der Waals surface area contributed by atoms with E-state index >= 15 is 0 Å². The zero-order chi connectivity index (χ0) is 14.9. The molecule has 1 atom stereocenters. The van der Waals surface area contributed by atoms with Crippen LogP contribution in [0.2, 0.25) is 0 Å². The third-order valence-electron chi connectivity index (χ3n) is 3.79. The van der Waals surface area contributed by atoms with Gasteiger partial charge >= 0.3 is 0 Å². The van der Waals surface area contributed by atoms with Crippen LogP contribution in [0.5, 0.6) is 0 Å². The number of nitrogens with one attached hydrogen (secondary N) is 2. The highest BCUT2D eigenvalue weighted by Gasteiger charge is 2.17. The Hall–Kier alpha value is -1.39. The highest BCUT2D eigenvalue weighted by atomic mass is 16.5. The predicted octanol–water partition coefficient (Wildman–Crippen LogP) is 2.37. The smallest absolute Gasteiger partial charge is 0.221 e. The normalized spacial score (nSPS) is 17.9. The molecule has 1 heterocycles. The molecule has 1 aliphatic heterocycles. The second-order valence-corrected chi connectivity index (χ2v) is 5.60. The van der Waals surface area contributed by atoms with Crippen LogP contribution >= 0.6 is 0 Å². The summed E-state index contributed by atoms with van der Waals surface area (Å²) in [5.74, 6) is 0.124. The summed E-state index contributed by atoms with van der Waals surface area (Å²) in [5.41, 5.74) is 2.30. The molecule has 0 saturated carbocycles. The molecule has 0 spiro atoms. The first kappa shape index (κ1) is 16.0. The molecule has 1 aliphatic rings. The SMILES string of the molecule is CCCOCc1ccccc1CNC(=O)CC1CCCN1. The summed E-state index contributed by atoms with van der Waals surface area (Å²) in [7, 11) is 0. The molecule has 2 N–H and O–H groups in total. The molecule has 2 rings (SSSR count). The van der Waals surface area contributed by atoms with Crippen molar-refractivity contribution in [2.45, 2.75) is 51.8 Å². The summed E-state index contributed by atoms with van der Waals surface area (Å²) >= 11 is 0. The zero-order valence-corrected chi connectivity index (χ0v) is 12.9. The lowest BCUT2D eigenvalue weighted by Crippen LogP contribution is -2.31. The molecule has 116 valence electrons. The van der Waals surface area contributed by atoms with Gasteiger partial charge in [0, 0.05) is 25.6 Å². The molecule has 1 unspecified atom stereocenters. The first-order valence-corrected chi connectivity index (χ1v) is 7.94. The summed E-state index contributed by atoms with van der Waals surface area (Å²) in [5, 5.41) is 6.37. The lowest BCUT2D eigenvalue weighted by Gasteiger charge is -2.13. The molecule has 21 heavy (non-hydrogen) atoms. The Balaban J connectivity index is 1.79. The summed E-state index contributed by atoms with van der Waals surface area (Å²) in [6.45, 7) is 5.11. The number of ether oxygens (including phenoxy) is 1. The maximum absolute atomic E-state index is 12.0. The van der Waals surface area contributed by atoms with Crippen molar-refractivity contribution in [3.8, 4) is 0 Å². The maximum atomic E-state index is 12.0. The van der Waals surface area contributed by atoms with Crippen molar-refractivity contribution >= 4 is 5.91 Å². The number of benzene rings is 1. The Bertz CT molecular complexity index is 442. The van der Waals surface area contributed by atoms with Crippen LogP contribution in [0.1, 0.15) is 43.7 Å². The Morgan fingerprint density at radius 3 is 2.90 bits per heavy atom. The van der Waals surface area contributed by atoms with Crippen molar-refractivity contribution in [3.63, 3.8) is 0 Å². The van der Waals surface area contributed by atoms with Gasteiger partial charge in [-0.3, -0.25) is 4.79 Å². The van der Waals surface area contributed by atoms with Gasteiger partial charge in [0.2, 0.25) is 5.91 Å². The van der Waals surface area contributed by atoms with Gasteiger partial charge in [-0.1, -0.05) is 31.2 Å². The molecule has 1 fully saturated rings. The van der Waals surface area contributed by atoms with Crippen LogP contribution in [0.25, 0.3) is 0 Å². The highest BCUT2D eigenvalue weighted by molar-refractivity contribution is 5.76. The Morgan fingerprint density at radius 1 is 1.38 bits per heavy atom. The monoisotopic (exact) mass is 290 g/mol. The minimum Gasteiger partial charge on any atom is -0.377 e. The fourth-order valence-electron chi connectivity index (χ4n) is 2.62. The van der Waals surface area contributed by atoms with Crippen LogP contribution < -0.4 is 10.6 Å². The van der Waals surface area contributed by atoms with E-state index in [4.69, 9.17) is 4.74 Å². The van der Waals surface area contributed by atoms with E-state index in [9.17, 15) is 4.79 Å². The van der Waals surface area contributed by atoms with Crippen LogP contribution in [0.4, 0.5) is 0 Å². The molecule has 0 bridgehead atoms. The molecule has 1 aromatic rings. The van der Waals surface area contributed by atoms with E-state index in [0.29, 0.717) is 25.6 Å². The van der Waals surface area contributed by atoms with Crippen molar-refractivity contribution in [2.75, 3.05) is 13.2 Å². The third kappa shape index (κ3) is 5.48. The van der Waals surface area contributed by atoms with Gasteiger partial charge in [-0.15, -0.1) is 0 Å². The molecule has 4 nitrogen and oxygen atoms in total. The fraction of sp³-hybridized carbons (Fsp3) is 0.588. The predicted molar refractivity (Wildman–Crippen MR) is 83.9 cm³/mol. The molecular formula is C17H26N2O2. The second kappa shape index (κ2) is 8.80. The highest BCUT2D eigenvalue weighted by Crippen LogP contribution is 2.11. The summed E-state index contributed by atoms with van der Waals surface area (Å²) in [4.78, 5) is 12.0. The molecule has 4 heteroatoms. The van der Waals surface area contributed by atoms with E-state index in [-0.39, 0.29) is 5.91 Å². The first-order chi connectivity index (χ1) is 10.3. The summed E-state index contributed by atoms with van der Waals surface area (Å²) in [6, 6.07) is 8.49. The number of hydrogen-bond donors (Lipinski definition) is 2. The van der Waals surface area contributed by atoms with Gasteiger partial charge < -0.3 is 15.4 Å². The standard InChI is InChI=1S/C17H26N2O2/c1-2-10-21-13-15-7-4-3-6-14(15)12-19-17(20)11-16-8-5-9-18-16/h3-4,6-7,16,18H,2,5,8-13H2,1H3,(H,19,20). The molecule has 0 aromatic heterocycles. The summed E-state index contributed by atoms with van der Waals surface area (Å²) < 4.78 is 5.60. The van der Waals surface area contributed by atoms with Gasteiger partial charge in [0.25, 0.3) is 0 Å². The number of amides is 1. The van der Waals surface area contributed by atoms with E-state index in [2.05, 4.69) is 29.7 Å². The van der Waals surface area contributed by atoms with Crippen LogP contribution in [0.15, 0.2) is 24.3 Å². The second-order valence-electron chi connectivity index (χ2n) is 5.60. The van der Waals surface area contributed by atoms with Crippen LogP contribution in [-0.2, 0) is 22.7 Å². The zero-order valence-electron chi connectivity index (χ0n) is 12.9. The Labute approximate surface area is 127 Å². The van der Waals surface area contributed by atoms with Crippen molar-refractivity contribution in [3.05, 3.63) is 35.4 Å². The van der Waals surface area contributed by atoms with E-state index < -0.39 is 0 Å².